The molecule has 0 saturated carbocycles. The molecule has 0 aliphatic carbocycles. The van der Waals surface area contributed by atoms with Crippen LogP contribution in [0.1, 0.15) is 31.9 Å². The summed E-state index contributed by atoms with van der Waals surface area (Å²) in [5, 5.41) is 11.5. The summed E-state index contributed by atoms with van der Waals surface area (Å²) in [6.07, 6.45) is 3.08. The maximum Gasteiger partial charge on any atom is 0.286 e. The molecule has 2 heterocycles. The summed E-state index contributed by atoms with van der Waals surface area (Å²) in [4.78, 5) is 27.0. The maximum absolute atomic E-state index is 13.9. The Hall–Kier alpha value is -3.74. The molecule has 1 spiro atoms. The van der Waals surface area contributed by atoms with Crippen molar-refractivity contribution in [3.8, 4) is 5.75 Å². The molecule has 0 fully saturated rings. The SMILES string of the molecule is COc1ccc(N2N=C(C)C3(C2=O)c2ccccc2C=NN3C(=O)C=C(C)C)cc1. The van der Waals surface area contributed by atoms with Gasteiger partial charge in [-0.2, -0.15) is 15.2 Å². The van der Waals surface area contributed by atoms with E-state index >= 15 is 0 Å². The summed E-state index contributed by atoms with van der Waals surface area (Å²) in [6, 6.07) is 14.5. The third kappa shape index (κ3) is 2.82. The lowest BCUT2D eigenvalue weighted by Gasteiger charge is -2.39. The lowest BCUT2D eigenvalue weighted by molar-refractivity contribution is -0.139. The van der Waals surface area contributed by atoms with Crippen molar-refractivity contribution < 1.29 is 14.3 Å². The lowest BCUT2D eigenvalue weighted by Crippen LogP contribution is -2.58. The minimum atomic E-state index is -1.44. The Labute approximate surface area is 174 Å². The first-order valence-electron chi connectivity index (χ1n) is 9.56. The number of hydrogen-bond acceptors (Lipinski definition) is 5. The van der Waals surface area contributed by atoms with Gasteiger partial charge in [0, 0.05) is 17.2 Å². The van der Waals surface area contributed by atoms with Crippen LogP contribution in [0.25, 0.3) is 0 Å². The monoisotopic (exact) mass is 402 g/mol. The van der Waals surface area contributed by atoms with Crippen LogP contribution < -0.4 is 9.75 Å². The van der Waals surface area contributed by atoms with Crippen LogP contribution in [-0.4, -0.2) is 35.9 Å². The van der Waals surface area contributed by atoms with Gasteiger partial charge >= 0.3 is 0 Å². The molecule has 30 heavy (non-hydrogen) atoms. The molecule has 152 valence electrons. The zero-order valence-corrected chi connectivity index (χ0v) is 17.3. The molecule has 7 nitrogen and oxygen atoms in total. The first-order chi connectivity index (χ1) is 14.4. The number of carbonyl (C=O) groups excluding carboxylic acids is 2. The summed E-state index contributed by atoms with van der Waals surface area (Å²) >= 11 is 0. The predicted molar refractivity (Wildman–Crippen MR) is 116 cm³/mol. The van der Waals surface area contributed by atoms with Crippen LogP contribution in [-0.2, 0) is 15.1 Å². The van der Waals surface area contributed by atoms with Gasteiger partial charge in [0.05, 0.1) is 24.7 Å². The van der Waals surface area contributed by atoms with Crippen molar-refractivity contribution in [2.24, 2.45) is 10.2 Å². The molecule has 4 rings (SSSR count). The zero-order valence-electron chi connectivity index (χ0n) is 17.3. The van der Waals surface area contributed by atoms with Gasteiger partial charge in [-0.05, 0) is 45.0 Å². The summed E-state index contributed by atoms with van der Waals surface area (Å²) in [7, 11) is 1.58. The van der Waals surface area contributed by atoms with E-state index in [1.807, 2.05) is 38.1 Å². The van der Waals surface area contributed by atoms with Gasteiger partial charge in [0.15, 0.2) is 0 Å². The number of ether oxygens (including phenoxy) is 1. The normalized spacial score (nSPS) is 19.6. The minimum Gasteiger partial charge on any atom is -0.497 e. The van der Waals surface area contributed by atoms with E-state index in [1.165, 1.54) is 16.1 Å². The molecule has 2 aliphatic rings. The van der Waals surface area contributed by atoms with E-state index in [2.05, 4.69) is 10.2 Å². The van der Waals surface area contributed by atoms with Crippen LogP contribution in [0, 0.1) is 0 Å². The number of fused-ring (bicyclic) bond motifs is 2. The number of anilines is 1. The van der Waals surface area contributed by atoms with Crippen molar-refractivity contribution in [3.63, 3.8) is 0 Å². The highest BCUT2D eigenvalue weighted by atomic mass is 16.5. The Morgan fingerprint density at radius 1 is 1.10 bits per heavy atom. The van der Waals surface area contributed by atoms with Crippen LogP contribution in [0.2, 0.25) is 0 Å². The smallest absolute Gasteiger partial charge is 0.286 e. The Morgan fingerprint density at radius 2 is 1.80 bits per heavy atom. The Morgan fingerprint density at radius 3 is 2.47 bits per heavy atom. The van der Waals surface area contributed by atoms with E-state index in [1.54, 1.807) is 44.5 Å². The second-order valence-electron chi connectivity index (χ2n) is 7.41. The molecule has 0 N–H and O–H groups in total. The molecule has 2 aromatic carbocycles. The van der Waals surface area contributed by atoms with Crippen LogP contribution >= 0.6 is 0 Å². The van der Waals surface area contributed by atoms with Gasteiger partial charge in [-0.3, -0.25) is 9.59 Å². The van der Waals surface area contributed by atoms with Crippen molar-refractivity contribution >= 4 is 29.4 Å². The average Bonchev–Trinajstić information content (AvgIpc) is 2.99. The van der Waals surface area contributed by atoms with E-state index in [0.29, 0.717) is 22.7 Å². The van der Waals surface area contributed by atoms with Gasteiger partial charge in [0.2, 0.25) is 5.54 Å². The van der Waals surface area contributed by atoms with Crippen LogP contribution in [0.5, 0.6) is 5.75 Å². The summed E-state index contributed by atoms with van der Waals surface area (Å²) in [6.45, 7) is 5.41. The van der Waals surface area contributed by atoms with Gasteiger partial charge < -0.3 is 4.74 Å². The number of methoxy groups -OCH3 is 1. The zero-order chi connectivity index (χ0) is 21.5. The van der Waals surface area contributed by atoms with Crippen molar-refractivity contribution in [3.05, 3.63) is 71.3 Å². The largest absolute Gasteiger partial charge is 0.497 e. The van der Waals surface area contributed by atoms with Crippen molar-refractivity contribution in [2.75, 3.05) is 12.1 Å². The molecule has 2 aromatic rings. The van der Waals surface area contributed by atoms with Crippen LogP contribution in [0.3, 0.4) is 0 Å². The number of hydrogen-bond donors (Lipinski definition) is 0. The number of amides is 2. The summed E-state index contributed by atoms with van der Waals surface area (Å²) in [5.41, 5.74) is 1.89. The van der Waals surface area contributed by atoms with Crippen LogP contribution in [0.15, 0.2) is 70.4 Å². The molecule has 0 saturated heterocycles. The maximum atomic E-state index is 13.9. The second-order valence-corrected chi connectivity index (χ2v) is 7.41. The van der Waals surface area contributed by atoms with Crippen molar-refractivity contribution in [1.82, 2.24) is 5.01 Å². The summed E-state index contributed by atoms with van der Waals surface area (Å²) in [5.74, 6) is -0.0565. The van der Waals surface area contributed by atoms with E-state index in [-0.39, 0.29) is 11.8 Å². The average molecular weight is 402 g/mol. The van der Waals surface area contributed by atoms with Crippen molar-refractivity contribution in [1.29, 1.82) is 0 Å². The highest BCUT2D eigenvalue weighted by Gasteiger charge is 2.59. The predicted octanol–water partition coefficient (Wildman–Crippen LogP) is 3.46. The van der Waals surface area contributed by atoms with E-state index in [4.69, 9.17) is 4.74 Å². The second kappa shape index (κ2) is 7.26. The number of benzene rings is 2. The van der Waals surface area contributed by atoms with Gasteiger partial charge in [-0.25, -0.2) is 5.01 Å². The third-order valence-electron chi connectivity index (χ3n) is 5.19. The fourth-order valence-electron chi connectivity index (χ4n) is 3.82. The standard InChI is InChI=1S/C23H22N4O3/c1-15(2)13-21(28)27-23(20-8-6-5-7-17(20)14-24-27)16(3)25-26(22(23)29)18-9-11-19(30-4)12-10-18/h5-14H,1-4H3. The molecule has 0 bridgehead atoms. The fourth-order valence-corrected chi connectivity index (χ4v) is 3.82. The van der Waals surface area contributed by atoms with E-state index in [0.717, 1.165) is 11.1 Å². The number of allylic oxidation sites excluding steroid dienone is 1. The topological polar surface area (TPSA) is 74.6 Å². The Balaban J connectivity index is 1.88. The Bertz CT molecular complexity index is 1110. The van der Waals surface area contributed by atoms with Crippen LogP contribution in [0.4, 0.5) is 5.69 Å². The van der Waals surface area contributed by atoms with Gasteiger partial charge in [0.25, 0.3) is 11.8 Å². The van der Waals surface area contributed by atoms with Crippen molar-refractivity contribution in [2.45, 2.75) is 26.3 Å². The molecule has 0 aromatic heterocycles. The fraction of sp³-hybridized carbons (Fsp3) is 0.217. The number of rotatable bonds is 3. The third-order valence-corrected chi connectivity index (χ3v) is 5.19. The summed E-state index contributed by atoms with van der Waals surface area (Å²) < 4.78 is 5.20. The van der Waals surface area contributed by atoms with Gasteiger partial charge in [-0.15, -0.1) is 0 Å². The van der Waals surface area contributed by atoms with Gasteiger partial charge in [0.1, 0.15) is 5.75 Å². The molecule has 1 unspecified atom stereocenters. The highest BCUT2D eigenvalue weighted by Crippen LogP contribution is 2.42. The number of nitrogens with zero attached hydrogens (tertiary/aromatic N) is 4. The van der Waals surface area contributed by atoms with E-state index in [9.17, 15) is 9.59 Å². The molecule has 7 heteroatoms. The molecule has 2 amide bonds. The first kappa shape index (κ1) is 19.6. The molecular weight excluding hydrogens is 380 g/mol. The molecule has 1 atom stereocenters. The molecular formula is C23H22N4O3. The first-order valence-corrected chi connectivity index (χ1v) is 9.56. The van der Waals surface area contributed by atoms with Gasteiger partial charge in [-0.1, -0.05) is 29.8 Å². The van der Waals surface area contributed by atoms with E-state index < -0.39 is 5.54 Å². The quantitative estimate of drug-likeness (QED) is 0.738. The molecule has 0 radical (unpaired) electrons. The highest BCUT2D eigenvalue weighted by molar-refractivity contribution is 6.25. The molecule has 2 aliphatic heterocycles. The minimum absolute atomic E-state index is 0.357. The lowest BCUT2D eigenvalue weighted by atomic mass is 9.81. The number of carbonyl (C=O) groups is 2. The Kier molecular flexibility index (Phi) is 4.73. The number of hydrazone groups is 2.